The Hall–Kier alpha value is -0.250. The summed E-state index contributed by atoms with van der Waals surface area (Å²) < 4.78 is 0.778. The van der Waals surface area contributed by atoms with E-state index in [9.17, 15) is 4.79 Å². The predicted octanol–water partition coefficient (Wildman–Crippen LogP) is 2.91. The molecule has 0 saturated heterocycles. The molecule has 76 valence electrons. The smallest absolute Gasteiger partial charge is 0.226 e. The van der Waals surface area contributed by atoms with Gasteiger partial charge in [-0.1, -0.05) is 17.7 Å². The van der Waals surface area contributed by atoms with Crippen molar-refractivity contribution in [1.29, 1.82) is 0 Å². The van der Waals surface area contributed by atoms with Crippen LogP contribution in [0.2, 0.25) is 5.02 Å². The molecule has 0 bridgehead atoms. The van der Waals surface area contributed by atoms with Gasteiger partial charge < -0.3 is 5.73 Å². The lowest BCUT2D eigenvalue weighted by molar-refractivity contribution is -0.119. The van der Waals surface area contributed by atoms with Gasteiger partial charge in [0.2, 0.25) is 5.91 Å². The zero-order chi connectivity index (χ0) is 10.7. The van der Waals surface area contributed by atoms with Gasteiger partial charge in [0.1, 0.15) is 0 Å². The monoisotopic (exact) mass is 295 g/mol. The summed E-state index contributed by atoms with van der Waals surface area (Å²) >= 11 is 14.8. The maximum Gasteiger partial charge on any atom is 0.226 e. The summed E-state index contributed by atoms with van der Waals surface area (Å²) in [7, 11) is 0. The summed E-state index contributed by atoms with van der Waals surface area (Å²) in [6.07, 6.45) is 0. The SMILES string of the molecule is NC(=O)C(CCl)c1ccc(Br)c(Cl)c1. The summed E-state index contributed by atoms with van der Waals surface area (Å²) in [5, 5.41) is 0.541. The van der Waals surface area contributed by atoms with Crippen LogP contribution in [0.15, 0.2) is 22.7 Å². The van der Waals surface area contributed by atoms with Crippen molar-refractivity contribution in [2.24, 2.45) is 5.73 Å². The number of carbonyl (C=O) groups excluding carboxylic acids is 1. The van der Waals surface area contributed by atoms with E-state index in [2.05, 4.69) is 15.9 Å². The van der Waals surface area contributed by atoms with Gasteiger partial charge in [0, 0.05) is 10.4 Å². The standard InChI is InChI=1S/C9H8BrCl2NO/c10-7-2-1-5(3-8(7)12)6(4-11)9(13)14/h1-3,6H,4H2,(H2,13,14). The average Bonchev–Trinajstić information content (AvgIpc) is 2.11. The van der Waals surface area contributed by atoms with Crippen molar-refractivity contribution in [3.63, 3.8) is 0 Å². The second kappa shape index (κ2) is 5.01. The molecule has 1 unspecified atom stereocenters. The molecule has 0 aliphatic heterocycles. The van der Waals surface area contributed by atoms with Crippen LogP contribution in [-0.2, 0) is 4.79 Å². The number of carbonyl (C=O) groups is 1. The van der Waals surface area contributed by atoms with Crippen LogP contribution in [0.1, 0.15) is 11.5 Å². The Morgan fingerprint density at radius 3 is 2.64 bits per heavy atom. The van der Waals surface area contributed by atoms with Crippen molar-refractivity contribution in [2.75, 3.05) is 5.88 Å². The van der Waals surface area contributed by atoms with Gasteiger partial charge in [0.15, 0.2) is 0 Å². The van der Waals surface area contributed by atoms with Gasteiger partial charge in [-0.3, -0.25) is 4.79 Å². The summed E-state index contributed by atoms with van der Waals surface area (Å²) in [5.41, 5.74) is 5.93. The second-order valence-electron chi connectivity index (χ2n) is 2.78. The highest BCUT2D eigenvalue weighted by Crippen LogP contribution is 2.27. The number of hydrogen-bond donors (Lipinski definition) is 1. The first-order chi connectivity index (χ1) is 6.56. The Bertz CT molecular complexity index is 357. The van der Waals surface area contributed by atoms with Crippen molar-refractivity contribution in [1.82, 2.24) is 0 Å². The first kappa shape index (κ1) is 11.8. The number of halogens is 3. The average molecular weight is 297 g/mol. The lowest BCUT2D eigenvalue weighted by Gasteiger charge is -2.10. The van der Waals surface area contributed by atoms with Crippen molar-refractivity contribution < 1.29 is 4.79 Å². The van der Waals surface area contributed by atoms with Gasteiger partial charge in [-0.15, -0.1) is 11.6 Å². The van der Waals surface area contributed by atoms with Crippen LogP contribution in [0.3, 0.4) is 0 Å². The molecule has 14 heavy (non-hydrogen) atoms. The molecule has 0 radical (unpaired) electrons. The van der Waals surface area contributed by atoms with Gasteiger partial charge in [0.25, 0.3) is 0 Å². The van der Waals surface area contributed by atoms with E-state index in [0.29, 0.717) is 5.02 Å². The molecule has 0 saturated carbocycles. The van der Waals surface area contributed by atoms with Crippen molar-refractivity contribution >= 4 is 45.0 Å². The third-order valence-corrected chi connectivity index (χ3v) is 3.38. The van der Waals surface area contributed by atoms with Crippen molar-refractivity contribution in [3.05, 3.63) is 33.3 Å². The molecule has 0 aliphatic rings. The highest BCUT2D eigenvalue weighted by atomic mass is 79.9. The van der Waals surface area contributed by atoms with Gasteiger partial charge in [-0.05, 0) is 33.6 Å². The van der Waals surface area contributed by atoms with Crippen LogP contribution in [0.4, 0.5) is 0 Å². The van der Waals surface area contributed by atoms with E-state index in [1.165, 1.54) is 0 Å². The highest BCUT2D eigenvalue weighted by Gasteiger charge is 2.17. The number of alkyl halides is 1. The van der Waals surface area contributed by atoms with E-state index >= 15 is 0 Å². The van der Waals surface area contributed by atoms with E-state index in [4.69, 9.17) is 28.9 Å². The number of rotatable bonds is 3. The molecule has 0 aliphatic carbocycles. The maximum atomic E-state index is 11.0. The normalized spacial score (nSPS) is 12.5. The van der Waals surface area contributed by atoms with E-state index in [1.807, 2.05) is 0 Å². The van der Waals surface area contributed by atoms with Gasteiger partial charge >= 0.3 is 0 Å². The molecule has 0 spiro atoms. The number of hydrogen-bond acceptors (Lipinski definition) is 1. The van der Waals surface area contributed by atoms with Gasteiger partial charge in [0.05, 0.1) is 10.9 Å². The summed E-state index contributed by atoms with van der Waals surface area (Å²) in [5.74, 6) is -0.770. The quantitative estimate of drug-likeness (QED) is 0.856. The Morgan fingerprint density at radius 2 is 2.21 bits per heavy atom. The minimum absolute atomic E-state index is 0.160. The number of amides is 1. The molecule has 0 heterocycles. The zero-order valence-corrected chi connectivity index (χ0v) is 10.2. The Balaban J connectivity index is 3.06. The van der Waals surface area contributed by atoms with E-state index < -0.39 is 11.8 Å². The maximum absolute atomic E-state index is 11.0. The summed E-state index contributed by atoms with van der Waals surface area (Å²) in [6.45, 7) is 0. The van der Waals surface area contributed by atoms with E-state index in [1.54, 1.807) is 18.2 Å². The number of benzene rings is 1. The van der Waals surface area contributed by atoms with Crippen LogP contribution in [0, 0.1) is 0 Å². The second-order valence-corrected chi connectivity index (χ2v) is 4.35. The third kappa shape index (κ3) is 2.62. The first-order valence-corrected chi connectivity index (χ1v) is 5.57. The fourth-order valence-corrected chi connectivity index (χ4v) is 1.82. The molecule has 1 aromatic rings. The van der Waals surface area contributed by atoms with Gasteiger partial charge in [-0.2, -0.15) is 0 Å². The Kier molecular flexibility index (Phi) is 4.23. The predicted molar refractivity (Wildman–Crippen MR) is 61.8 cm³/mol. The molecule has 5 heteroatoms. The molecule has 0 fully saturated rings. The Morgan fingerprint density at radius 1 is 1.57 bits per heavy atom. The summed E-state index contributed by atoms with van der Waals surface area (Å²) in [4.78, 5) is 11.0. The Labute approximate surface area is 101 Å². The topological polar surface area (TPSA) is 43.1 Å². The largest absolute Gasteiger partial charge is 0.369 e. The minimum Gasteiger partial charge on any atom is -0.369 e. The van der Waals surface area contributed by atoms with Crippen LogP contribution in [0.5, 0.6) is 0 Å². The molecule has 1 aromatic carbocycles. The zero-order valence-electron chi connectivity index (χ0n) is 7.14. The fraction of sp³-hybridized carbons (Fsp3) is 0.222. The molecule has 1 rings (SSSR count). The van der Waals surface area contributed by atoms with E-state index in [-0.39, 0.29) is 5.88 Å². The van der Waals surface area contributed by atoms with Crippen LogP contribution in [-0.4, -0.2) is 11.8 Å². The molecule has 0 aromatic heterocycles. The minimum atomic E-state index is -0.484. The molecular formula is C9H8BrCl2NO. The molecular weight excluding hydrogens is 289 g/mol. The van der Waals surface area contributed by atoms with Crippen LogP contribution < -0.4 is 5.73 Å². The van der Waals surface area contributed by atoms with Crippen LogP contribution in [0.25, 0.3) is 0 Å². The van der Waals surface area contributed by atoms with Crippen LogP contribution >= 0.6 is 39.1 Å². The molecule has 1 amide bonds. The number of nitrogens with two attached hydrogens (primary N) is 1. The van der Waals surface area contributed by atoms with E-state index in [0.717, 1.165) is 10.0 Å². The lowest BCUT2D eigenvalue weighted by atomic mass is 10.0. The van der Waals surface area contributed by atoms with Crippen molar-refractivity contribution in [3.8, 4) is 0 Å². The number of primary amides is 1. The third-order valence-electron chi connectivity index (χ3n) is 1.84. The highest BCUT2D eigenvalue weighted by molar-refractivity contribution is 9.10. The lowest BCUT2D eigenvalue weighted by Crippen LogP contribution is -2.22. The van der Waals surface area contributed by atoms with Crippen molar-refractivity contribution in [2.45, 2.75) is 5.92 Å². The molecule has 2 N–H and O–H groups in total. The summed E-state index contributed by atoms with van der Waals surface area (Å²) in [6, 6.07) is 5.22. The first-order valence-electron chi connectivity index (χ1n) is 3.86. The molecule has 2 nitrogen and oxygen atoms in total. The molecule has 1 atom stereocenters. The van der Waals surface area contributed by atoms with Gasteiger partial charge in [-0.25, -0.2) is 0 Å². The fourth-order valence-electron chi connectivity index (χ4n) is 1.06.